The highest BCUT2D eigenvalue weighted by Crippen LogP contribution is 2.42. The first-order chi connectivity index (χ1) is 13.3. The second kappa shape index (κ2) is 7.97. The van der Waals surface area contributed by atoms with Gasteiger partial charge in [-0.1, -0.05) is 37.1 Å². The van der Waals surface area contributed by atoms with Gasteiger partial charge >= 0.3 is 0 Å². The Morgan fingerprint density at radius 3 is 2.30 bits per heavy atom. The van der Waals surface area contributed by atoms with Crippen LogP contribution >= 0.6 is 11.3 Å². The fraction of sp³-hybridized carbons (Fsp3) is 0.261. The van der Waals surface area contributed by atoms with Crippen LogP contribution < -0.4 is 10.1 Å². The van der Waals surface area contributed by atoms with Gasteiger partial charge in [0.1, 0.15) is 11.5 Å². The highest BCUT2D eigenvalue weighted by Gasteiger charge is 2.36. The summed E-state index contributed by atoms with van der Waals surface area (Å²) in [6.45, 7) is 0.703. The van der Waals surface area contributed by atoms with Crippen LogP contribution in [0.4, 0.5) is 0 Å². The summed E-state index contributed by atoms with van der Waals surface area (Å²) in [4.78, 5) is 14.0. The first-order valence-corrected chi connectivity index (χ1v) is 10.3. The molecule has 3 aromatic rings. The number of carbonyl (C=O) groups is 1. The van der Waals surface area contributed by atoms with E-state index in [4.69, 9.17) is 4.74 Å². The van der Waals surface area contributed by atoms with Crippen molar-refractivity contribution in [3.8, 4) is 11.5 Å². The second-order valence-corrected chi connectivity index (χ2v) is 8.03. The molecule has 1 N–H and O–H groups in total. The zero-order valence-electron chi connectivity index (χ0n) is 15.2. The van der Waals surface area contributed by atoms with Gasteiger partial charge in [0, 0.05) is 22.4 Å². The van der Waals surface area contributed by atoms with Gasteiger partial charge in [0.05, 0.1) is 0 Å². The second-order valence-electron chi connectivity index (χ2n) is 7.09. The Labute approximate surface area is 164 Å². The Kier molecular flexibility index (Phi) is 5.26. The fourth-order valence-corrected chi connectivity index (χ4v) is 4.78. The maximum atomic E-state index is 12.6. The van der Waals surface area contributed by atoms with Crippen LogP contribution in [0.1, 0.15) is 40.9 Å². The summed E-state index contributed by atoms with van der Waals surface area (Å²) in [5, 5.41) is 5.29. The fourth-order valence-electron chi connectivity index (χ4n) is 3.79. The molecule has 4 heteroatoms. The van der Waals surface area contributed by atoms with E-state index in [-0.39, 0.29) is 11.3 Å². The molecule has 0 unspecified atom stereocenters. The van der Waals surface area contributed by atoms with Crippen LogP contribution in [0.15, 0.2) is 72.1 Å². The molecule has 0 bridgehead atoms. The number of nitrogens with one attached hydrogen (secondary N) is 1. The number of ether oxygens (including phenoxy) is 1. The molecule has 0 spiro atoms. The molecule has 0 radical (unpaired) electrons. The minimum absolute atomic E-state index is 0.0240. The molecule has 0 saturated heterocycles. The molecule has 4 rings (SSSR count). The van der Waals surface area contributed by atoms with E-state index < -0.39 is 0 Å². The van der Waals surface area contributed by atoms with E-state index in [1.54, 1.807) is 11.3 Å². The van der Waals surface area contributed by atoms with E-state index in [9.17, 15) is 4.79 Å². The molecule has 0 aliphatic heterocycles. The molecule has 3 nitrogen and oxygen atoms in total. The number of amides is 1. The Morgan fingerprint density at radius 1 is 0.926 bits per heavy atom. The first kappa shape index (κ1) is 17.8. The summed E-state index contributed by atoms with van der Waals surface area (Å²) in [5.41, 5.74) is 0.773. The van der Waals surface area contributed by atoms with E-state index in [0.717, 1.165) is 24.3 Å². The third kappa shape index (κ3) is 4.06. The molecule has 2 aromatic carbocycles. The average Bonchev–Trinajstić information content (AvgIpc) is 3.40. The molecular formula is C23H23NO2S. The van der Waals surface area contributed by atoms with E-state index in [0.29, 0.717) is 12.1 Å². The van der Waals surface area contributed by atoms with Crippen molar-refractivity contribution >= 4 is 17.2 Å². The normalized spacial score (nSPS) is 15.4. The lowest BCUT2D eigenvalue weighted by atomic mass is 9.84. The number of para-hydroxylation sites is 1. The minimum Gasteiger partial charge on any atom is -0.457 e. The van der Waals surface area contributed by atoms with E-state index >= 15 is 0 Å². The molecule has 1 aromatic heterocycles. The zero-order valence-corrected chi connectivity index (χ0v) is 16.0. The monoisotopic (exact) mass is 377 g/mol. The number of rotatable bonds is 6. The predicted molar refractivity (Wildman–Crippen MR) is 110 cm³/mol. The summed E-state index contributed by atoms with van der Waals surface area (Å²) < 4.78 is 5.79. The smallest absolute Gasteiger partial charge is 0.251 e. The number of carbonyl (C=O) groups excluding carboxylic acids is 1. The molecule has 138 valence electrons. The lowest BCUT2D eigenvalue weighted by Crippen LogP contribution is -2.38. The Hall–Kier alpha value is -2.59. The van der Waals surface area contributed by atoms with Crippen molar-refractivity contribution in [3.63, 3.8) is 0 Å². The van der Waals surface area contributed by atoms with Gasteiger partial charge < -0.3 is 10.1 Å². The van der Waals surface area contributed by atoms with Gasteiger partial charge in [0.15, 0.2) is 0 Å². The lowest BCUT2D eigenvalue weighted by molar-refractivity contribution is 0.0943. The number of benzene rings is 2. The van der Waals surface area contributed by atoms with Gasteiger partial charge in [-0.25, -0.2) is 0 Å². The van der Waals surface area contributed by atoms with E-state index in [1.165, 1.54) is 17.7 Å². The van der Waals surface area contributed by atoms with Gasteiger partial charge in [0.2, 0.25) is 0 Å². The van der Waals surface area contributed by atoms with Crippen LogP contribution in [0.3, 0.4) is 0 Å². The molecule has 0 atom stereocenters. The zero-order chi connectivity index (χ0) is 18.5. The van der Waals surface area contributed by atoms with Crippen molar-refractivity contribution in [1.29, 1.82) is 0 Å². The summed E-state index contributed by atoms with van der Waals surface area (Å²) in [6.07, 6.45) is 4.77. The average molecular weight is 378 g/mol. The van der Waals surface area contributed by atoms with Gasteiger partial charge in [-0.2, -0.15) is 0 Å². The lowest BCUT2D eigenvalue weighted by Gasteiger charge is -2.28. The van der Waals surface area contributed by atoms with E-state index in [2.05, 4.69) is 22.8 Å². The first-order valence-electron chi connectivity index (χ1n) is 9.40. The molecule has 1 aliphatic rings. The SMILES string of the molecule is O=C(NCC1(c2cccs2)CCCC1)c1ccc(Oc2ccccc2)cc1. The summed E-state index contributed by atoms with van der Waals surface area (Å²) in [6, 6.07) is 21.3. The van der Waals surface area contributed by atoms with Crippen molar-refractivity contribution in [3.05, 3.63) is 82.6 Å². The summed E-state index contributed by atoms with van der Waals surface area (Å²) >= 11 is 1.80. The Morgan fingerprint density at radius 2 is 1.63 bits per heavy atom. The number of hydrogen-bond acceptors (Lipinski definition) is 3. The molecule has 1 aliphatic carbocycles. The van der Waals surface area contributed by atoms with Gasteiger partial charge in [-0.3, -0.25) is 4.79 Å². The van der Waals surface area contributed by atoms with Crippen molar-refractivity contribution < 1.29 is 9.53 Å². The molecule has 1 saturated carbocycles. The van der Waals surface area contributed by atoms with Crippen LogP contribution in [0, 0.1) is 0 Å². The minimum atomic E-state index is -0.0240. The summed E-state index contributed by atoms with van der Waals surface area (Å²) in [5.74, 6) is 1.49. The van der Waals surface area contributed by atoms with E-state index in [1.807, 2.05) is 54.6 Å². The standard InChI is InChI=1S/C23H23NO2S/c25-22(24-17-23(14-4-5-15-23)21-9-6-16-27-21)18-10-12-20(13-11-18)26-19-7-2-1-3-8-19/h1-3,6-13,16H,4-5,14-15,17H2,(H,24,25). The highest BCUT2D eigenvalue weighted by atomic mass is 32.1. The topological polar surface area (TPSA) is 38.3 Å². The van der Waals surface area contributed by atoms with Gasteiger partial charge in [0.25, 0.3) is 5.91 Å². The molecule has 1 heterocycles. The van der Waals surface area contributed by atoms with Crippen LogP contribution in [-0.2, 0) is 5.41 Å². The van der Waals surface area contributed by atoms with Crippen molar-refractivity contribution in [1.82, 2.24) is 5.32 Å². The third-order valence-corrected chi connectivity index (χ3v) is 6.40. The number of hydrogen-bond donors (Lipinski definition) is 1. The molecular weight excluding hydrogens is 354 g/mol. The van der Waals surface area contributed by atoms with Crippen LogP contribution in [0.2, 0.25) is 0 Å². The Bertz CT molecular complexity index is 867. The molecule has 27 heavy (non-hydrogen) atoms. The summed E-state index contributed by atoms with van der Waals surface area (Å²) in [7, 11) is 0. The maximum Gasteiger partial charge on any atom is 0.251 e. The highest BCUT2D eigenvalue weighted by molar-refractivity contribution is 7.10. The molecule has 1 amide bonds. The van der Waals surface area contributed by atoms with Gasteiger partial charge in [-0.15, -0.1) is 11.3 Å². The predicted octanol–water partition coefficient (Wildman–Crippen LogP) is 5.78. The Balaban J connectivity index is 1.39. The van der Waals surface area contributed by atoms with Crippen LogP contribution in [0.5, 0.6) is 11.5 Å². The van der Waals surface area contributed by atoms with Crippen molar-refractivity contribution in [2.45, 2.75) is 31.1 Å². The molecule has 1 fully saturated rings. The number of thiophene rings is 1. The van der Waals surface area contributed by atoms with Crippen molar-refractivity contribution in [2.75, 3.05) is 6.54 Å². The third-order valence-electron chi connectivity index (χ3n) is 5.29. The quantitative estimate of drug-likeness (QED) is 0.591. The van der Waals surface area contributed by atoms with Gasteiger partial charge in [-0.05, 0) is 60.7 Å². The van der Waals surface area contributed by atoms with Crippen molar-refractivity contribution in [2.24, 2.45) is 0 Å². The maximum absolute atomic E-state index is 12.6. The largest absolute Gasteiger partial charge is 0.457 e. The van der Waals surface area contributed by atoms with Crippen LogP contribution in [-0.4, -0.2) is 12.5 Å². The van der Waals surface area contributed by atoms with Crippen LogP contribution in [0.25, 0.3) is 0 Å².